The van der Waals surface area contributed by atoms with E-state index in [0.717, 1.165) is 88.2 Å². The second-order valence-electron chi connectivity index (χ2n) is 8.73. The molecule has 0 aliphatic rings. The van der Waals surface area contributed by atoms with Crippen molar-refractivity contribution in [2.24, 2.45) is 0 Å². The van der Waals surface area contributed by atoms with E-state index >= 15 is 0 Å². The predicted molar refractivity (Wildman–Crippen MR) is 139 cm³/mol. The second-order valence-corrected chi connectivity index (χ2v) is 14.9. The number of nitrogens with zero attached hydrogens (tertiary/aromatic N) is 8. The molecule has 0 radical (unpaired) electrons. The highest BCUT2D eigenvalue weighted by atomic mass is 28.4. The summed E-state index contributed by atoms with van der Waals surface area (Å²) in [6.45, 7) is 1.50. The lowest BCUT2D eigenvalue weighted by atomic mass is 10.2. The SMILES string of the molecule is CO[Si](CCCCCCn1nnnc1Cc1nnnn1CCCCCC[Si](OC)(OC)OC)(OC)OC. The minimum Gasteiger partial charge on any atom is -0.377 e. The monoisotopic (exact) mass is 560 g/mol. The Balaban J connectivity index is 1.71. The lowest BCUT2D eigenvalue weighted by Gasteiger charge is -2.24. The molecule has 0 aliphatic heterocycles. The van der Waals surface area contributed by atoms with Crippen LogP contribution in [0.15, 0.2) is 0 Å². The molecule has 0 bridgehead atoms. The molecule has 14 nitrogen and oxygen atoms in total. The highest BCUT2D eigenvalue weighted by Crippen LogP contribution is 2.19. The topological polar surface area (TPSA) is 143 Å². The molecule has 0 spiro atoms. The first kappa shape index (κ1) is 31.6. The van der Waals surface area contributed by atoms with Crippen molar-refractivity contribution in [3.63, 3.8) is 0 Å². The first-order valence-electron chi connectivity index (χ1n) is 12.8. The first-order valence-corrected chi connectivity index (χ1v) is 16.7. The molecule has 0 saturated carbocycles. The molecule has 0 saturated heterocycles. The van der Waals surface area contributed by atoms with Gasteiger partial charge in [-0.2, -0.15) is 0 Å². The normalized spacial score (nSPS) is 12.5. The molecule has 37 heavy (non-hydrogen) atoms. The zero-order chi connectivity index (χ0) is 27.0. The fourth-order valence-corrected chi connectivity index (χ4v) is 7.80. The smallest absolute Gasteiger partial charge is 0.377 e. The molecule has 0 unspecified atom stereocenters. The van der Waals surface area contributed by atoms with Gasteiger partial charge in [0.2, 0.25) is 0 Å². The maximum atomic E-state index is 5.48. The van der Waals surface area contributed by atoms with Crippen LogP contribution in [0.1, 0.15) is 63.0 Å². The maximum absolute atomic E-state index is 5.48. The maximum Gasteiger partial charge on any atom is 0.500 e. The van der Waals surface area contributed by atoms with Crippen molar-refractivity contribution >= 4 is 17.6 Å². The van der Waals surface area contributed by atoms with Crippen LogP contribution in [0.25, 0.3) is 0 Å². The number of aromatic nitrogens is 8. The average Bonchev–Trinajstić information content (AvgIpc) is 3.58. The summed E-state index contributed by atoms with van der Waals surface area (Å²) >= 11 is 0. The highest BCUT2D eigenvalue weighted by molar-refractivity contribution is 6.60. The van der Waals surface area contributed by atoms with Crippen molar-refractivity contribution in [2.75, 3.05) is 42.7 Å². The van der Waals surface area contributed by atoms with Gasteiger partial charge in [-0.3, -0.25) is 0 Å². The zero-order valence-electron chi connectivity index (χ0n) is 23.2. The van der Waals surface area contributed by atoms with Gasteiger partial charge < -0.3 is 26.6 Å². The van der Waals surface area contributed by atoms with Crippen molar-refractivity contribution in [3.8, 4) is 0 Å². The van der Waals surface area contributed by atoms with E-state index < -0.39 is 17.6 Å². The molecule has 0 fully saturated rings. The van der Waals surface area contributed by atoms with Gasteiger partial charge in [-0.05, 0) is 46.5 Å². The number of hydrogen-bond acceptors (Lipinski definition) is 12. The van der Waals surface area contributed by atoms with Gasteiger partial charge in [0.05, 0.1) is 6.42 Å². The minimum atomic E-state index is -2.48. The quantitative estimate of drug-likeness (QED) is 0.154. The molecule has 2 aromatic rings. The fourth-order valence-electron chi connectivity index (χ4n) is 4.21. The Morgan fingerprint density at radius 2 is 0.865 bits per heavy atom. The third kappa shape index (κ3) is 9.86. The van der Waals surface area contributed by atoms with Crippen LogP contribution in [-0.4, -0.2) is 101 Å². The standard InChI is InChI=1S/C21H44N8O6Si2/c1-30-36(31-2,32-3)17-13-9-7-11-15-28-20(22-24-26-28)19-21-23-25-27-29(21)16-12-8-10-14-18-37(33-4,34-5)35-6/h7-19H2,1-6H3. The van der Waals surface area contributed by atoms with Crippen LogP contribution >= 0.6 is 0 Å². The van der Waals surface area contributed by atoms with E-state index in [-0.39, 0.29) is 0 Å². The van der Waals surface area contributed by atoms with E-state index in [4.69, 9.17) is 26.6 Å². The van der Waals surface area contributed by atoms with Crippen LogP contribution in [0, 0.1) is 0 Å². The van der Waals surface area contributed by atoms with Crippen LogP contribution in [0.4, 0.5) is 0 Å². The third-order valence-corrected chi connectivity index (χ3v) is 12.3. The fraction of sp³-hybridized carbons (Fsp3) is 0.905. The molecule has 0 aliphatic carbocycles. The Kier molecular flexibility index (Phi) is 14.5. The van der Waals surface area contributed by atoms with Gasteiger partial charge in [-0.1, -0.05) is 25.7 Å². The van der Waals surface area contributed by atoms with Gasteiger partial charge in [-0.15, -0.1) is 10.2 Å². The molecule has 0 aromatic carbocycles. The summed E-state index contributed by atoms with van der Waals surface area (Å²) in [6.07, 6.45) is 8.67. The van der Waals surface area contributed by atoms with Crippen LogP contribution in [0.3, 0.4) is 0 Å². The van der Waals surface area contributed by atoms with E-state index in [1.807, 2.05) is 9.36 Å². The lowest BCUT2D eigenvalue weighted by Crippen LogP contribution is -2.42. The Morgan fingerprint density at radius 3 is 1.22 bits per heavy atom. The number of unbranched alkanes of at least 4 members (excludes halogenated alkanes) is 6. The molecule has 212 valence electrons. The Bertz CT molecular complexity index is 781. The van der Waals surface area contributed by atoms with Gasteiger partial charge in [-0.25, -0.2) is 9.36 Å². The Labute approximate surface area is 222 Å². The van der Waals surface area contributed by atoms with Gasteiger partial charge in [0, 0.05) is 67.8 Å². The highest BCUT2D eigenvalue weighted by Gasteiger charge is 2.37. The predicted octanol–water partition coefficient (Wildman–Crippen LogP) is 2.13. The second kappa shape index (κ2) is 17.0. The van der Waals surface area contributed by atoms with Crippen molar-refractivity contribution in [1.29, 1.82) is 0 Å². The van der Waals surface area contributed by atoms with Crippen molar-refractivity contribution in [2.45, 2.75) is 83.0 Å². The molecule has 2 heterocycles. The zero-order valence-corrected chi connectivity index (χ0v) is 25.2. The van der Waals surface area contributed by atoms with Gasteiger partial charge in [0.1, 0.15) is 0 Å². The molecular formula is C21H44N8O6Si2. The van der Waals surface area contributed by atoms with Gasteiger partial charge in [0.15, 0.2) is 11.6 Å². The summed E-state index contributed by atoms with van der Waals surface area (Å²) in [5, 5.41) is 24.4. The summed E-state index contributed by atoms with van der Waals surface area (Å²) in [5.41, 5.74) is 0. The summed E-state index contributed by atoms with van der Waals surface area (Å²) in [5.74, 6) is 1.53. The molecule has 16 heteroatoms. The molecular weight excluding hydrogens is 516 g/mol. The van der Waals surface area contributed by atoms with Crippen LogP contribution in [0.5, 0.6) is 0 Å². The number of tetrazole rings is 2. The van der Waals surface area contributed by atoms with E-state index in [1.165, 1.54) is 0 Å². The average molecular weight is 561 g/mol. The Hall–Kier alpha value is -1.67. The number of aryl methyl sites for hydroxylation is 2. The summed E-state index contributed by atoms with van der Waals surface area (Å²) in [7, 11) is 4.92. The van der Waals surface area contributed by atoms with E-state index in [1.54, 1.807) is 42.7 Å². The van der Waals surface area contributed by atoms with Crippen LogP contribution < -0.4 is 0 Å². The number of hydrogen-bond donors (Lipinski definition) is 0. The minimum absolute atomic E-state index is 0.493. The molecule has 2 rings (SSSR count). The van der Waals surface area contributed by atoms with Crippen LogP contribution in [0.2, 0.25) is 12.1 Å². The Morgan fingerprint density at radius 1 is 0.514 bits per heavy atom. The third-order valence-electron chi connectivity index (χ3n) is 6.60. The molecule has 0 N–H and O–H groups in total. The van der Waals surface area contributed by atoms with Crippen molar-refractivity contribution in [1.82, 2.24) is 40.4 Å². The number of rotatable bonds is 22. The van der Waals surface area contributed by atoms with Crippen LogP contribution in [-0.2, 0) is 46.1 Å². The summed E-state index contributed by atoms with van der Waals surface area (Å²) in [6, 6.07) is 1.62. The van der Waals surface area contributed by atoms with E-state index in [2.05, 4.69) is 31.1 Å². The lowest BCUT2D eigenvalue weighted by molar-refractivity contribution is 0.122. The molecule has 0 atom stereocenters. The molecule has 0 amide bonds. The van der Waals surface area contributed by atoms with Crippen molar-refractivity contribution in [3.05, 3.63) is 11.6 Å². The largest absolute Gasteiger partial charge is 0.500 e. The van der Waals surface area contributed by atoms with E-state index in [9.17, 15) is 0 Å². The summed E-state index contributed by atoms with van der Waals surface area (Å²) < 4.78 is 36.5. The molecule has 2 aromatic heterocycles. The summed E-state index contributed by atoms with van der Waals surface area (Å²) in [4.78, 5) is 0. The first-order chi connectivity index (χ1) is 18.0. The van der Waals surface area contributed by atoms with Crippen molar-refractivity contribution < 1.29 is 26.6 Å². The van der Waals surface area contributed by atoms with E-state index in [0.29, 0.717) is 6.42 Å². The van der Waals surface area contributed by atoms with Gasteiger partial charge >= 0.3 is 17.6 Å². The van der Waals surface area contributed by atoms with Gasteiger partial charge in [0.25, 0.3) is 0 Å².